The number of carbonyl (C=O) groups excluding carboxylic acids is 1. The molecule has 4 nitrogen and oxygen atoms in total. The summed E-state index contributed by atoms with van der Waals surface area (Å²) in [6.45, 7) is 4.63. The van der Waals surface area contributed by atoms with E-state index in [0.29, 0.717) is 5.57 Å². The van der Waals surface area contributed by atoms with Gasteiger partial charge in [-0.25, -0.2) is 9.18 Å². The summed E-state index contributed by atoms with van der Waals surface area (Å²) in [5.74, 6) is -2.44. The van der Waals surface area contributed by atoms with Gasteiger partial charge in [-0.1, -0.05) is 12.7 Å². The first-order valence-corrected chi connectivity index (χ1v) is 4.07. The van der Waals surface area contributed by atoms with E-state index in [9.17, 15) is 14.0 Å². The summed E-state index contributed by atoms with van der Waals surface area (Å²) >= 11 is 0. The first-order chi connectivity index (χ1) is 7.02. The van der Waals surface area contributed by atoms with Gasteiger partial charge >= 0.3 is 5.97 Å². The van der Waals surface area contributed by atoms with Crippen LogP contribution in [0, 0.1) is 0 Å². The van der Waals surface area contributed by atoms with Gasteiger partial charge in [-0.2, -0.15) is 6.41 Å². The van der Waals surface area contributed by atoms with Gasteiger partial charge in [0, 0.05) is 6.54 Å². The fraction of sp³-hybridized carbons (Fsp3) is 0.200. The van der Waals surface area contributed by atoms with Crippen molar-refractivity contribution in [3.05, 3.63) is 35.7 Å². The van der Waals surface area contributed by atoms with Crippen molar-refractivity contribution in [1.29, 1.82) is 0 Å². The fourth-order valence-corrected chi connectivity index (χ4v) is 0.816. The Morgan fingerprint density at radius 1 is 1.62 bits per heavy atom. The summed E-state index contributed by atoms with van der Waals surface area (Å²) in [5, 5.41) is 10.8. The molecule has 0 aliphatic rings. The van der Waals surface area contributed by atoms with Gasteiger partial charge in [-0.05, 0) is 18.6 Å². The number of hydrogen-bond acceptors (Lipinski definition) is 2. The largest absolute Gasteiger partial charge is 0.526 e. The van der Waals surface area contributed by atoms with E-state index in [2.05, 4.69) is 11.9 Å². The molecule has 0 aromatic carbocycles. The number of hydrogen-bond donors (Lipinski definition) is 2. The van der Waals surface area contributed by atoms with E-state index in [1.54, 1.807) is 13.0 Å². The SMILES string of the molecule is C=C(F)/C(=C\C(=C/C)CN[C-]=O)C(=O)O.[Fm]. The van der Waals surface area contributed by atoms with Crippen molar-refractivity contribution in [2.75, 3.05) is 6.54 Å². The monoisotopic (exact) mass is 469 g/mol. The second-order valence-corrected chi connectivity index (χ2v) is 2.59. The molecule has 0 aliphatic carbocycles. The van der Waals surface area contributed by atoms with Crippen molar-refractivity contribution in [1.82, 2.24) is 5.32 Å². The van der Waals surface area contributed by atoms with Gasteiger partial charge in [0.25, 0.3) is 0 Å². The first-order valence-electron chi connectivity index (χ1n) is 4.07. The Labute approximate surface area is 86.8 Å². The third kappa shape index (κ3) is 4.96. The van der Waals surface area contributed by atoms with Gasteiger partial charge in [-0.15, -0.1) is 0 Å². The molecule has 0 bridgehead atoms. The number of nitrogens with one attached hydrogen (secondary N) is 1. The van der Waals surface area contributed by atoms with Crippen molar-refractivity contribution in [2.45, 2.75) is 6.92 Å². The molecule has 2 N–H and O–H groups in total. The third-order valence-corrected chi connectivity index (χ3v) is 1.59. The zero-order valence-corrected chi connectivity index (χ0v) is 10.9. The molecule has 0 unspecified atom stereocenters. The minimum Gasteiger partial charge on any atom is -0.526 e. The second kappa shape index (κ2) is 7.49. The Hall–Kier alpha value is -2.91. The molecule has 94 valence electrons. The molecule has 6 heteroatoms. The second-order valence-electron chi connectivity index (χ2n) is 2.59. The molecule has 0 radical (unpaired) electrons. The van der Waals surface area contributed by atoms with E-state index in [-0.39, 0.29) is 6.54 Å². The average molecular weight is 469 g/mol. The topological polar surface area (TPSA) is 66.4 Å². The Morgan fingerprint density at radius 2 is 2.19 bits per heavy atom. The maximum Gasteiger partial charge on any atom is 0.338 e. The molecule has 0 rings (SSSR count). The zero-order valence-electron chi connectivity index (χ0n) is 8.50. The third-order valence-electron chi connectivity index (χ3n) is 1.59. The summed E-state index contributed by atoms with van der Waals surface area (Å²) in [6.07, 6.45) is 4.09. The van der Waals surface area contributed by atoms with Crippen LogP contribution in [0.15, 0.2) is 35.7 Å². The number of rotatable bonds is 6. The van der Waals surface area contributed by atoms with Crippen LogP contribution in [0.4, 0.5) is 4.39 Å². The van der Waals surface area contributed by atoms with Gasteiger partial charge in [-0.3, -0.25) is 0 Å². The Kier molecular flexibility index (Phi) is 7.28. The molecular formula is C10H11FFmNO3-. The van der Waals surface area contributed by atoms with Crippen LogP contribution < -0.4 is 5.32 Å². The summed E-state index contributed by atoms with van der Waals surface area (Å²) in [7, 11) is 0. The first kappa shape index (κ1) is 15.6. The normalized spacial score (nSPS) is 11.4. The molecule has 16 heavy (non-hydrogen) atoms. The number of halogens is 1. The minimum atomic E-state index is -1.41. The number of amides is 1. The van der Waals surface area contributed by atoms with Crippen molar-refractivity contribution >= 4 is 12.4 Å². The molecule has 0 aliphatic heterocycles. The number of aliphatic carboxylic acids is 1. The summed E-state index contributed by atoms with van der Waals surface area (Å²) in [4.78, 5) is 20.5. The molecule has 0 aromatic rings. The van der Waals surface area contributed by atoms with Crippen LogP contribution in [0.3, 0.4) is 0 Å². The van der Waals surface area contributed by atoms with Gasteiger partial charge in [0.1, 0.15) is 5.83 Å². The van der Waals surface area contributed by atoms with Gasteiger partial charge in [0.15, 0.2) is 0 Å². The Balaban J connectivity index is 0. The maximum absolute atomic E-state index is 12.7. The summed E-state index contributed by atoms with van der Waals surface area (Å²) in [5.41, 5.74) is -0.0784. The van der Waals surface area contributed by atoms with Crippen LogP contribution in [-0.4, -0.2) is 24.0 Å². The minimum absolute atomic E-state index is 0. The van der Waals surface area contributed by atoms with Crippen LogP contribution in [-0.2, 0) is 9.59 Å². The van der Waals surface area contributed by atoms with Crippen molar-refractivity contribution < 1.29 is 19.1 Å². The van der Waals surface area contributed by atoms with E-state index in [4.69, 9.17) is 5.11 Å². The van der Waals surface area contributed by atoms with Crippen molar-refractivity contribution in [3.63, 3.8) is 0 Å². The Bertz CT molecular complexity index is 321. The predicted molar refractivity (Wildman–Crippen MR) is 53.4 cm³/mol. The predicted octanol–water partition coefficient (Wildman–Crippen LogP) is 1.08. The van der Waals surface area contributed by atoms with E-state index in [1.165, 1.54) is 6.41 Å². The maximum atomic E-state index is 12.7. The summed E-state index contributed by atoms with van der Waals surface area (Å²) < 4.78 is 12.7. The molecule has 0 saturated carbocycles. The standard InChI is InChI=1S/C10H11FNO3.Fm/c1-3-8(5-12-6-13)4-9(7(2)11)10(14)15;/h3-4H,2,5H2,1H3,(H,12,13)(H,14,15);/q-1;/b8-3+,9-4+;. The van der Waals surface area contributed by atoms with Crippen LogP contribution in [0.1, 0.15) is 6.92 Å². The molecule has 1 amide bonds. The van der Waals surface area contributed by atoms with Crippen LogP contribution in [0.2, 0.25) is 0 Å². The fourth-order valence-electron chi connectivity index (χ4n) is 0.816. The van der Waals surface area contributed by atoms with Gasteiger partial charge in [0.2, 0.25) is 0 Å². The number of carboxylic acid groups (broad SMARTS) is 1. The number of carboxylic acids is 1. The Morgan fingerprint density at radius 3 is 2.50 bits per heavy atom. The zero-order chi connectivity index (χ0) is 11.8. The molecule has 0 heterocycles. The van der Waals surface area contributed by atoms with Crippen LogP contribution in [0.25, 0.3) is 0 Å². The van der Waals surface area contributed by atoms with Gasteiger partial charge < -0.3 is 15.2 Å². The molecule has 0 saturated heterocycles. The molecule has 0 atom stereocenters. The van der Waals surface area contributed by atoms with Crippen LogP contribution >= 0.6 is 0 Å². The average Bonchev–Trinajstić information content (AvgIpc) is 2.17. The van der Waals surface area contributed by atoms with E-state index in [1.807, 2.05) is 0 Å². The van der Waals surface area contributed by atoms with Crippen molar-refractivity contribution in [3.8, 4) is 0 Å². The van der Waals surface area contributed by atoms with E-state index in [0.717, 1.165) is 6.08 Å². The number of allylic oxidation sites excluding steroid dienone is 1. The van der Waals surface area contributed by atoms with Crippen LogP contribution in [0.5, 0.6) is 0 Å². The molecule has 0 spiro atoms. The summed E-state index contributed by atoms with van der Waals surface area (Å²) in [6, 6.07) is 0. The van der Waals surface area contributed by atoms with Crippen molar-refractivity contribution in [2.24, 2.45) is 0 Å². The smallest absolute Gasteiger partial charge is 0.338 e. The molecule has 0 fully saturated rings. The molecule has 0 aromatic heterocycles. The quantitative estimate of drug-likeness (QED) is 0.265. The van der Waals surface area contributed by atoms with Gasteiger partial charge in [0.05, 0.1) is 5.57 Å². The van der Waals surface area contributed by atoms with E-state index < -0.39 is 17.4 Å². The van der Waals surface area contributed by atoms with E-state index >= 15 is 0 Å². The molecular weight excluding hydrogens is 458 g/mol. The number of carbonyl (C=O) groups is 1.